The van der Waals surface area contributed by atoms with Gasteiger partial charge in [-0.3, -0.25) is 4.57 Å². The molecule has 0 aliphatic carbocycles. The van der Waals surface area contributed by atoms with Crippen molar-refractivity contribution < 1.29 is 13.2 Å². The van der Waals surface area contributed by atoms with Gasteiger partial charge in [0, 0.05) is 37.6 Å². The quantitative estimate of drug-likeness (QED) is 0.463. The first kappa shape index (κ1) is 30.7. The van der Waals surface area contributed by atoms with Crippen LogP contribution in [0.5, 0.6) is 0 Å². The molecular weight excluding hydrogens is 462 g/mol. The van der Waals surface area contributed by atoms with Gasteiger partial charge in [-0.2, -0.15) is 0 Å². The van der Waals surface area contributed by atoms with E-state index in [1.807, 2.05) is 13.8 Å². The molecule has 0 aliphatic heterocycles. The average Bonchev–Trinajstić information content (AvgIpc) is 3.32. The van der Waals surface area contributed by atoms with Crippen molar-refractivity contribution in [2.24, 2.45) is 10.4 Å². The fourth-order valence-electron chi connectivity index (χ4n) is 2.58. The van der Waals surface area contributed by atoms with Crippen molar-refractivity contribution in [2.45, 2.75) is 41.5 Å². The molecule has 0 saturated heterocycles. The van der Waals surface area contributed by atoms with Gasteiger partial charge < -0.3 is 14.6 Å². The number of nitrogens with zero attached hydrogens (tertiary/aromatic N) is 5. The van der Waals surface area contributed by atoms with E-state index in [1.165, 1.54) is 18.4 Å². The third-order valence-electron chi connectivity index (χ3n) is 4.62. The highest BCUT2D eigenvalue weighted by Gasteiger charge is 2.14. The lowest BCUT2D eigenvalue weighted by Crippen LogP contribution is -2.21. The van der Waals surface area contributed by atoms with Crippen LogP contribution in [-0.4, -0.2) is 53.7 Å². The summed E-state index contributed by atoms with van der Waals surface area (Å²) in [6.45, 7) is 14.2. The maximum atomic E-state index is 14.3. The van der Waals surface area contributed by atoms with Gasteiger partial charge in [0.2, 0.25) is 5.95 Å². The topological polar surface area (TPSA) is 71.5 Å². The number of hydrogen-bond donors (Lipinski definition) is 1. The minimum atomic E-state index is -0.679. The van der Waals surface area contributed by atoms with Crippen molar-refractivity contribution in [3.05, 3.63) is 71.5 Å². The summed E-state index contributed by atoms with van der Waals surface area (Å²) in [6.07, 6.45) is 6.30. The van der Waals surface area contributed by atoms with Gasteiger partial charge in [0.05, 0.1) is 11.4 Å². The highest BCUT2D eigenvalue weighted by atomic mass is 19.1. The second-order valence-electron chi connectivity index (χ2n) is 9.05. The van der Waals surface area contributed by atoms with Crippen LogP contribution in [0.2, 0.25) is 0 Å². The highest BCUT2D eigenvalue weighted by Crippen LogP contribution is 2.21. The lowest BCUT2D eigenvalue weighted by Gasteiger charge is -2.19. The van der Waals surface area contributed by atoms with Crippen LogP contribution in [0.25, 0.3) is 11.8 Å². The first-order chi connectivity index (χ1) is 17.0. The highest BCUT2D eigenvalue weighted by molar-refractivity contribution is 5.80. The van der Waals surface area contributed by atoms with Crippen LogP contribution < -0.4 is 11.0 Å². The molecule has 0 fully saturated rings. The molecule has 1 N–H and O–H groups in total. The molecule has 2 aromatic heterocycles. The smallest absolute Gasteiger partial charge is 0.301 e. The van der Waals surface area contributed by atoms with Crippen molar-refractivity contribution in [2.75, 3.05) is 39.5 Å². The molecule has 3 rings (SSSR count). The molecular formula is C27H40F2N6O. The predicted molar refractivity (Wildman–Crippen MR) is 143 cm³/mol. The van der Waals surface area contributed by atoms with E-state index < -0.39 is 11.6 Å². The van der Waals surface area contributed by atoms with Gasteiger partial charge in [-0.05, 0) is 50.3 Å². The van der Waals surface area contributed by atoms with E-state index in [0.717, 1.165) is 12.6 Å². The predicted octanol–water partition coefficient (Wildman–Crippen LogP) is 5.78. The van der Waals surface area contributed by atoms with Crippen LogP contribution >= 0.6 is 0 Å². The second kappa shape index (κ2) is 14.9. The van der Waals surface area contributed by atoms with Gasteiger partial charge in [-0.1, -0.05) is 41.5 Å². The molecule has 198 valence electrons. The largest absolute Gasteiger partial charge is 0.432 e. The van der Waals surface area contributed by atoms with Gasteiger partial charge >= 0.3 is 5.68 Å². The molecule has 0 bridgehead atoms. The van der Waals surface area contributed by atoms with Gasteiger partial charge in [0.15, 0.2) is 0 Å². The van der Waals surface area contributed by atoms with E-state index in [-0.39, 0.29) is 11.0 Å². The zero-order valence-corrected chi connectivity index (χ0v) is 22.9. The van der Waals surface area contributed by atoms with Gasteiger partial charge in [0.25, 0.3) is 0 Å². The summed E-state index contributed by atoms with van der Waals surface area (Å²) in [4.78, 5) is 15.0. The maximum Gasteiger partial charge on any atom is 0.301 e. The number of oxazole rings is 1. The number of hydrogen-bond acceptors (Lipinski definition) is 6. The molecule has 0 unspecified atom stereocenters. The van der Waals surface area contributed by atoms with Crippen LogP contribution in [0.4, 0.5) is 14.7 Å². The first-order valence-corrected chi connectivity index (χ1v) is 12.0. The standard InChI is InChI=1S/C21H23F2N5O.C4H11N.C2H6/c1-21(2,3)13-26-19-25-8-7-17(27-19)18(28-9-10-29-20(28)24-4)11-14-5-6-15(22)12-16(14)23;1-4-5(2)3;1-2/h5-12H,13H2,1-4H3,(H,25,26,27);4H2,1-3H3;1-2H3/b18-11+,24-20?;;. The average molecular weight is 503 g/mol. The third-order valence-corrected chi connectivity index (χ3v) is 4.62. The summed E-state index contributed by atoms with van der Waals surface area (Å²) >= 11 is 0. The lowest BCUT2D eigenvalue weighted by molar-refractivity contribution is 0.434. The number of rotatable bonds is 6. The van der Waals surface area contributed by atoms with Crippen LogP contribution in [0.1, 0.15) is 52.8 Å². The summed E-state index contributed by atoms with van der Waals surface area (Å²) in [7, 11) is 5.70. The normalized spacial score (nSPS) is 12.0. The van der Waals surface area contributed by atoms with E-state index in [4.69, 9.17) is 4.42 Å². The van der Waals surface area contributed by atoms with E-state index in [0.29, 0.717) is 29.6 Å². The molecule has 7 nitrogen and oxygen atoms in total. The van der Waals surface area contributed by atoms with Crippen LogP contribution in [0.15, 0.2) is 52.3 Å². The SMILES string of the molecule is CC.CCN(C)C.CN=c1occn1/C(=C/c1ccc(F)cc1F)c1ccnc(NCC(C)(C)C)n1. The zero-order valence-electron chi connectivity index (χ0n) is 22.9. The van der Waals surface area contributed by atoms with Crippen LogP contribution in [-0.2, 0) is 0 Å². The number of anilines is 1. The molecule has 0 atom stereocenters. The molecule has 0 spiro atoms. The third kappa shape index (κ3) is 10.1. The Balaban J connectivity index is 0.000000826. The Morgan fingerprint density at radius 2 is 1.86 bits per heavy atom. The fraction of sp³-hybridized carbons (Fsp3) is 0.444. The van der Waals surface area contributed by atoms with Crippen molar-refractivity contribution in [3.63, 3.8) is 0 Å². The van der Waals surface area contributed by atoms with Crippen molar-refractivity contribution in [1.29, 1.82) is 0 Å². The molecule has 3 aromatic rings. The summed E-state index contributed by atoms with van der Waals surface area (Å²) in [5.74, 6) is -0.874. The maximum absolute atomic E-state index is 14.3. The lowest BCUT2D eigenvalue weighted by atomic mass is 9.97. The second-order valence-corrected chi connectivity index (χ2v) is 9.05. The van der Waals surface area contributed by atoms with Crippen LogP contribution in [0.3, 0.4) is 0 Å². The molecule has 0 saturated carbocycles. The Labute approximate surface area is 213 Å². The van der Waals surface area contributed by atoms with Crippen LogP contribution in [0, 0.1) is 17.0 Å². The monoisotopic (exact) mass is 502 g/mol. The van der Waals surface area contributed by atoms with Gasteiger partial charge in [0.1, 0.15) is 17.9 Å². The summed E-state index contributed by atoms with van der Waals surface area (Å²) < 4.78 is 34.6. The molecule has 0 amide bonds. The Morgan fingerprint density at radius 3 is 2.42 bits per heavy atom. The number of benzene rings is 1. The summed E-state index contributed by atoms with van der Waals surface area (Å²) in [5.41, 5.74) is 1.59. The van der Waals surface area contributed by atoms with E-state index in [2.05, 4.69) is 67.0 Å². The molecule has 9 heteroatoms. The molecule has 2 heterocycles. The molecule has 0 radical (unpaired) electrons. The number of halogens is 2. The Kier molecular flexibility index (Phi) is 12.7. The minimum absolute atomic E-state index is 0.0445. The number of nitrogens with one attached hydrogen (secondary N) is 1. The Bertz CT molecular complexity index is 1160. The van der Waals surface area contributed by atoms with E-state index in [9.17, 15) is 8.78 Å². The summed E-state index contributed by atoms with van der Waals surface area (Å²) in [5, 5.41) is 3.21. The van der Waals surface area contributed by atoms with Gasteiger partial charge in [-0.25, -0.2) is 23.7 Å². The van der Waals surface area contributed by atoms with Gasteiger partial charge in [-0.15, -0.1) is 0 Å². The Hall–Kier alpha value is -3.33. The van der Waals surface area contributed by atoms with Crippen molar-refractivity contribution >= 4 is 17.7 Å². The molecule has 0 aliphatic rings. The summed E-state index contributed by atoms with van der Waals surface area (Å²) in [6, 6.07) is 5.11. The molecule has 1 aromatic carbocycles. The zero-order chi connectivity index (χ0) is 27.3. The first-order valence-electron chi connectivity index (χ1n) is 12.0. The van der Waals surface area contributed by atoms with E-state index >= 15 is 0 Å². The van der Waals surface area contributed by atoms with Crippen molar-refractivity contribution in [1.82, 2.24) is 19.4 Å². The van der Waals surface area contributed by atoms with Crippen molar-refractivity contribution in [3.8, 4) is 0 Å². The Morgan fingerprint density at radius 1 is 1.19 bits per heavy atom. The molecule has 36 heavy (non-hydrogen) atoms. The van der Waals surface area contributed by atoms with E-state index in [1.54, 1.807) is 36.2 Å². The number of aromatic nitrogens is 3. The fourth-order valence-corrected chi connectivity index (χ4v) is 2.58. The minimum Gasteiger partial charge on any atom is -0.432 e.